The van der Waals surface area contributed by atoms with Gasteiger partial charge in [-0.2, -0.15) is 0 Å². The van der Waals surface area contributed by atoms with Crippen LogP contribution in [0.4, 0.5) is 5.69 Å². The van der Waals surface area contributed by atoms with E-state index in [-0.39, 0.29) is 0 Å². The molecule has 0 spiro atoms. The van der Waals surface area contributed by atoms with Crippen molar-refractivity contribution >= 4 is 40.5 Å². The van der Waals surface area contributed by atoms with Gasteiger partial charge < -0.3 is 5.32 Å². The van der Waals surface area contributed by atoms with E-state index < -0.39 is 0 Å². The number of hydrogen-bond donors (Lipinski definition) is 1. The van der Waals surface area contributed by atoms with Crippen molar-refractivity contribution in [3.05, 3.63) is 62.6 Å². The highest BCUT2D eigenvalue weighted by molar-refractivity contribution is 6.34. The minimum Gasteiger partial charge on any atom is -0.380 e. The zero-order valence-electron chi connectivity index (χ0n) is 9.81. The maximum Gasteiger partial charge on any atom is 0.0640 e. The van der Waals surface area contributed by atoms with Gasteiger partial charge in [0.1, 0.15) is 0 Å². The number of nitrogens with one attached hydrogen (secondary N) is 1. The normalized spacial score (nSPS) is 10.4. The Bertz CT molecular complexity index is 547. The standard InChI is InChI=1S/C14H12Cl3N/c1-9-2-3-14(13(17)4-9)18-8-10-5-11(15)7-12(16)6-10/h2-7,18H,8H2,1H3. The molecule has 2 aromatic rings. The van der Waals surface area contributed by atoms with Crippen LogP contribution < -0.4 is 5.32 Å². The minimum atomic E-state index is 0.628. The Hall–Kier alpha value is -0.890. The Kier molecular flexibility index (Phi) is 4.39. The Labute approximate surface area is 122 Å². The molecule has 0 saturated carbocycles. The maximum atomic E-state index is 6.14. The van der Waals surface area contributed by atoms with Crippen molar-refractivity contribution in [3.63, 3.8) is 0 Å². The molecule has 0 saturated heterocycles. The van der Waals surface area contributed by atoms with Crippen molar-refractivity contribution < 1.29 is 0 Å². The number of benzene rings is 2. The van der Waals surface area contributed by atoms with Crippen LogP contribution in [0.1, 0.15) is 11.1 Å². The second kappa shape index (κ2) is 5.83. The van der Waals surface area contributed by atoms with E-state index in [0.29, 0.717) is 21.6 Å². The molecule has 0 aliphatic carbocycles. The molecule has 2 aromatic carbocycles. The van der Waals surface area contributed by atoms with Crippen molar-refractivity contribution in [2.75, 3.05) is 5.32 Å². The van der Waals surface area contributed by atoms with Gasteiger partial charge in [-0.15, -0.1) is 0 Å². The van der Waals surface area contributed by atoms with Gasteiger partial charge in [0.15, 0.2) is 0 Å². The van der Waals surface area contributed by atoms with E-state index in [9.17, 15) is 0 Å². The number of rotatable bonds is 3. The lowest BCUT2D eigenvalue weighted by Gasteiger charge is -2.09. The van der Waals surface area contributed by atoms with Gasteiger partial charge in [-0.25, -0.2) is 0 Å². The van der Waals surface area contributed by atoms with Crippen molar-refractivity contribution in [1.29, 1.82) is 0 Å². The summed E-state index contributed by atoms with van der Waals surface area (Å²) in [5, 5.41) is 5.24. The first-order chi connectivity index (χ1) is 8.54. The van der Waals surface area contributed by atoms with Crippen molar-refractivity contribution in [2.24, 2.45) is 0 Å². The van der Waals surface area contributed by atoms with Crippen molar-refractivity contribution in [2.45, 2.75) is 13.5 Å². The van der Waals surface area contributed by atoms with Crippen LogP contribution in [0.5, 0.6) is 0 Å². The van der Waals surface area contributed by atoms with Crippen LogP contribution in [0, 0.1) is 6.92 Å². The summed E-state index contributed by atoms with van der Waals surface area (Å²) in [6, 6.07) is 11.4. The number of anilines is 1. The van der Waals surface area contributed by atoms with Crippen molar-refractivity contribution in [3.8, 4) is 0 Å². The van der Waals surface area contributed by atoms with Crippen LogP contribution in [0.3, 0.4) is 0 Å². The molecule has 18 heavy (non-hydrogen) atoms. The van der Waals surface area contributed by atoms with Gasteiger partial charge in [0.25, 0.3) is 0 Å². The molecule has 0 aliphatic heterocycles. The number of hydrogen-bond acceptors (Lipinski definition) is 1. The molecule has 0 heterocycles. The van der Waals surface area contributed by atoms with E-state index in [2.05, 4.69) is 5.32 Å². The van der Waals surface area contributed by atoms with E-state index in [0.717, 1.165) is 16.8 Å². The average Bonchev–Trinajstić information content (AvgIpc) is 2.26. The highest BCUT2D eigenvalue weighted by atomic mass is 35.5. The molecule has 4 heteroatoms. The van der Waals surface area contributed by atoms with Gasteiger partial charge in [0.05, 0.1) is 10.7 Å². The molecule has 0 bridgehead atoms. The van der Waals surface area contributed by atoms with E-state index in [1.54, 1.807) is 6.07 Å². The smallest absolute Gasteiger partial charge is 0.0640 e. The summed E-state index contributed by atoms with van der Waals surface area (Å²) in [7, 11) is 0. The molecule has 94 valence electrons. The fourth-order valence-corrected chi connectivity index (χ4v) is 2.55. The fraction of sp³-hybridized carbons (Fsp3) is 0.143. The van der Waals surface area contributed by atoms with Gasteiger partial charge in [-0.3, -0.25) is 0 Å². The predicted molar refractivity (Wildman–Crippen MR) is 80.0 cm³/mol. The lowest BCUT2D eigenvalue weighted by atomic mass is 10.2. The molecule has 0 fully saturated rings. The molecule has 0 amide bonds. The zero-order valence-corrected chi connectivity index (χ0v) is 12.1. The van der Waals surface area contributed by atoms with Crippen LogP contribution in [-0.2, 0) is 6.54 Å². The van der Waals surface area contributed by atoms with E-state index in [1.807, 2.05) is 37.3 Å². The van der Waals surface area contributed by atoms with Crippen LogP contribution in [-0.4, -0.2) is 0 Å². The summed E-state index contributed by atoms with van der Waals surface area (Å²) in [5.41, 5.74) is 3.05. The molecule has 0 radical (unpaired) electrons. The molecule has 1 nitrogen and oxygen atoms in total. The van der Waals surface area contributed by atoms with Gasteiger partial charge >= 0.3 is 0 Å². The third-order valence-corrected chi connectivity index (χ3v) is 3.28. The van der Waals surface area contributed by atoms with Crippen LogP contribution in [0.15, 0.2) is 36.4 Å². The third-order valence-electron chi connectivity index (χ3n) is 2.53. The Morgan fingerprint density at radius 1 is 0.944 bits per heavy atom. The second-order valence-corrected chi connectivity index (χ2v) is 5.39. The average molecular weight is 301 g/mol. The first-order valence-corrected chi connectivity index (χ1v) is 6.63. The molecule has 0 aliphatic rings. The first-order valence-electron chi connectivity index (χ1n) is 5.49. The molecule has 0 atom stereocenters. The van der Waals surface area contributed by atoms with E-state index in [1.165, 1.54) is 0 Å². The van der Waals surface area contributed by atoms with Crippen LogP contribution in [0.2, 0.25) is 15.1 Å². The largest absolute Gasteiger partial charge is 0.380 e. The predicted octanol–water partition coefficient (Wildman–Crippen LogP) is 5.57. The SMILES string of the molecule is Cc1ccc(NCc2cc(Cl)cc(Cl)c2)c(Cl)c1. The second-order valence-electron chi connectivity index (χ2n) is 4.11. The highest BCUT2D eigenvalue weighted by Gasteiger charge is 2.02. The van der Waals surface area contributed by atoms with Gasteiger partial charge in [-0.1, -0.05) is 40.9 Å². The maximum absolute atomic E-state index is 6.14. The van der Waals surface area contributed by atoms with Crippen LogP contribution >= 0.6 is 34.8 Å². The summed E-state index contributed by atoms with van der Waals surface area (Å²) in [6.07, 6.45) is 0. The molecule has 1 N–H and O–H groups in total. The molecular formula is C14H12Cl3N. The first kappa shape index (κ1) is 13.5. The lowest BCUT2D eigenvalue weighted by Crippen LogP contribution is -2.00. The van der Waals surface area contributed by atoms with E-state index >= 15 is 0 Å². The van der Waals surface area contributed by atoms with Crippen molar-refractivity contribution in [1.82, 2.24) is 0 Å². The summed E-state index contributed by atoms with van der Waals surface area (Å²) in [4.78, 5) is 0. The highest BCUT2D eigenvalue weighted by Crippen LogP contribution is 2.24. The topological polar surface area (TPSA) is 12.0 Å². The monoisotopic (exact) mass is 299 g/mol. The van der Waals surface area contributed by atoms with Gasteiger partial charge in [0.2, 0.25) is 0 Å². The van der Waals surface area contributed by atoms with Gasteiger partial charge in [0, 0.05) is 16.6 Å². The molecule has 2 rings (SSSR count). The molecule has 0 aromatic heterocycles. The number of halogens is 3. The minimum absolute atomic E-state index is 0.628. The quantitative estimate of drug-likeness (QED) is 0.781. The third kappa shape index (κ3) is 3.55. The Morgan fingerprint density at radius 3 is 2.22 bits per heavy atom. The zero-order chi connectivity index (χ0) is 13.1. The molecular weight excluding hydrogens is 289 g/mol. The summed E-state index contributed by atoms with van der Waals surface area (Å²) in [5.74, 6) is 0. The molecule has 0 unspecified atom stereocenters. The number of aryl methyl sites for hydroxylation is 1. The lowest BCUT2D eigenvalue weighted by molar-refractivity contribution is 1.15. The fourth-order valence-electron chi connectivity index (χ4n) is 1.67. The Morgan fingerprint density at radius 2 is 1.61 bits per heavy atom. The van der Waals surface area contributed by atoms with Gasteiger partial charge in [-0.05, 0) is 48.4 Å². The van der Waals surface area contributed by atoms with Crippen LogP contribution in [0.25, 0.3) is 0 Å². The Balaban J connectivity index is 2.11. The summed E-state index contributed by atoms with van der Waals surface area (Å²) in [6.45, 7) is 2.63. The summed E-state index contributed by atoms with van der Waals surface area (Å²) < 4.78 is 0. The van der Waals surface area contributed by atoms with E-state index in [4.69, 9.17) is 34.8 Å². The summed E-state index contributed by atoms with van der Waals surface area (Å²) >= 11 is 18.0.